The van der Waals surface area contributed by atoms with E-state index in [9.17, 15) is 19.8 Å². The Morgan fingerprint density at radius 3 is 2.30 bits per heavy atom. The largest absolute Gasteiger partial charge is 0.390 e. The molecule has 0 aromatic carbocycles. The van der Waals surface area contributed by atoms with Crippen molar-refractivity contribution in [1.29, 1.82) is 0 Å². The lowest BCUT2D eigenvalue weighted by molar-refractivity contribution is -0.126. The third kappa shape index (κ3) is 7.39. The third-order valence-electron chi connectivity index (χ3n) is 6.30. The van der Waals surface area contributed by atoms with Gasteiger partial charge in [-0.15, -0.1) is 0 Å². The van der Waals surface area contributed by atoms with Gasteiger partial charge in [-0.2, -0.15) is 0 Å². The molecule has 0 saturated heterocycles. The van der Waals surface area contributed by atoms with Crippen LogP contribution in [0.2, 0.25) is 0 Å². The van der Waals surface area contributed by atoms with Crippen molar-refractivity contribution in [3.05, 3.63) is 23.3 Å². The van der Waals surface area contributed by atoms with Gasteiger partial charge in [0.25, 0.3) is 0 Å². The van der Waals surface area contributed by atoms with Crippen LogP contribution < -0.4 is 5.73 Å². The van der Waals surface area contributed by atoms with Crippen LogP contribution in [0.1, 0.15) is 57.8 Å². The first kappa shape index (κ1) is 24.9. The molecule has 0 amide bonds. The summed E-state index contributed by atoms with van der Waals surface area (Å²) in [6, 6.07) is 0. The zero-order valence-electron chi connectivity index (χ0n) is 18.2. The predicted molar refractivity (Wildman–Crippen MR) is 114 cm³/mol. The Kier molecular flexibility index (Phi) is 10.3. The molecule has 0 heterocycles. The van der Waals surface area contributed by atoms with Crippen LogP contribution in [-0.2, 0) is 19.1 Å². The highest BCUT2D eigenvalue weighted by Crippen LogP contribution is 2.33. The number of nitrogens with two attached hydrogens (primary N) is 1. The molecule has 2 aliphatic rings. The molecular weight excluding hydrogens is 386 g/mol. The normalized spacial score (nSPS) is 32.5. The quantitative estimate of drug-likeness (QED) is 0.362. The summed E-state index contributed by atoms with van der Waals surface area (Å²) in [6.07, 6.45) is 6.62. The monoisotopic (exact) mass is 423 g/mol. The number of carbonyl (C=O) groups is 2. The minimum Gasteiger partial charge on any atom is -0.390 e. The first-order chi connectivity index (χ1) is 14.4. The lowest BCUT2D eigenvalue weighted by atomic mass is 9.78. The van der Waals surface area contributed by atoms with Crippen molar-refractivity contribution in [1.82, 2.24) is 0 Å². The van der Waals surface area contributed by atoms with Crippen molar-refractivity contribution in [3.8, 4) is 0 Å². The van der Waals surface area contributed by atoms with Crippen molar-refractivity contribution >= 4 is 11.6 Å². The number of ketones is 2. The average Bonchev–Trinajstić information content (AvgIpc) is 2.72. The average molecular weight is 424 g/mol. The summed E-state index contributed by atoms with van der Waals surface area (Å²) in [7, 11) is 3.16. The third-order valence-corrected chi connectivity index (χ3v) is 6.30. The molecule has 5 unspecified atom stereocenters. The molecule has 30 heavy (non-hydrogen) atoms. The summed E-state index contributed by atoms with van der Waals surface area (Å²) < 4.78 is 10.6. The molecule has 2 aliphatic carbocycles. The van der Waals surface area contributed by atoms with Gasteiger partial charge in [-0.3, -0.25) is 9.59 Å². The molecule has 0 aromatic heterocycles. The smallest absolute Gasteiger partial charge is 0.144 e. The number of carbonyl (C=O) groups excluding carboxylic acids is 2. The van der Waals surface area contributed by atoms with E-state index < -0.39 is 12.2 Å². The Bertz CT molecular complexity index is 644. The summed E-state index contributed by atoms with van der Waals surface area (Å²) in [5.41, 5.74) is 7.89. The maximum absolute atomic E-state index is 12.3. The lowest BCUT2D eigenvalue weighted by Crippen LogP contribution is -2.37. The standard InChI is InChI=1S/C23H37NO6/c1-29-22-11-15(4-8-20(22)27)3-6-18(25)14-19(26)7-5-16-13-23(30-2)21(28)12-17(16)9-10-24/h3,5,17,20-23,27-28H,4,6-14,24H2,1-2H3. The van der Waals surface area contributed by atoms with Gasteiger partial charge in [0.05, 0.1) is 30.8 Å². The van der Waals surface area contributed by atoms with E-state index >= 15 is 0 Å². The first-order valence-electron chi connectivity index (χ1n) is 10.9. The van der Waals surface area contributed by atoms with E-state index in [1.807, 2.05) is 12.2 Å². The molecule has 2 rings (SSSR count). The summed E-state index contributed by atoms with van der Waals surface area (Å²) in [6.45, 7) is 0.522. The van der Waals surface area contributed by atoms with Crippen LogP contribution in [0.3, 0.4) is 0 Å². The van der Waals surface area contributed by atoms with Crippen molar-refractivity contribution in [3.63, 3.8) is 0 Å². The number of methoxy groups -OCH3 is 2. The molecule has 2 saturated carbocycles. The maximum Gasteiger partial charge on any atom is 0.144 e. The van der Waals surface area contributed by atoms with Crippen LogP contribution in [0.25, 0.3) is 0 Å². The van der Waals surface area contributed by atoms with Crippen LogP contribution in [0.15, 0.2) is 23.3 Å². The summed E-state index contributed by atoms with van der Waals surface area (Å²) in [5.74, 6) is -0.0512. The van der Waals surface area contributed by atoms with Gasteiger partial charge in [-0.05, 0) is 51.0 Å². The Hall–Kier alpha value is -1.38. The van der Waals surface area contributed by atoms with Crippen molar-refractivity contribution < 1.29 is 29.3 Å². The van der Waals surface area contributed by atoms with E-state index in [1.165, 1.54) is 0 Å². The SMILES string of the molecule is COC1CC(=CCC(=O)CC(=O)CC=C2CC(OC)C(O)CC2CCN)CCC1O. The van der Waals surface area contributed by atoms with Crippen LogP contribution >= 0.6 is 0 Å². The molecule has 0 radical (unpaired) electrons. The number of aliphatic hydroxyl groups is 2. The second-order valence-corrected chi connectivity index (χ2v) is 8.44. The number of allylic oxidation sites excluding steroid dienone is 2. The van der Waals surface area contributed by atoms with Crippen LogP contribution in [0.5, 0.6) is 0 Å². The van der Waals surface area contributed by atoms with Crippen LogP contribution in [0, 0.1) is 5.92 Å². The van der Waals surface area contributed by atoms with E-state index in [0.717, 1.165) is 24.0 Å². The molecular formula is C23H37NO6. The highest BCUT2D eigenvalue weighted by molar-refractivity contribution is 6.00. The fourth-order valence-electron chi connectivity index (χ4n) is 4.43. The number of Topliss-reactive ketones (excluding diaryl/α,β-unsaturated/α-hetero) is 2. The van der Waals surface area contributed by atoms with E-state index in [1.54, 1.807) is 14.2 Å². The Labute approximate surface area is 179 Å². The fraction of sp³-hybridized carbons (Fsp3) is 0.739. The molecule has 0 bridgehead atoms. The van der Waals surface area contributed by atoms with Crippen molar-refractivity contribution in [2.45, 2.75) is 82.2 Å². The Morgan fingerprint density at radius 2 is 1.67 bits per heavy atom. The molecule has 0 spiro atoms. The van der Waals surface area contributed by atoms with Gasteiger partial charge in [0.2, 0.25) is 0 Å². The van der Waals surface area contributed by atoms with E-state index in [-0.39, 0.29) is 49.0 Å². The van der Waals surface area contributed by atoms with Gasteiger partial charge >= 0.3 is 0 Å². The minimum atomic E-state index is -0.521. The Balaban J connectivity index is 1.85. The van der Waals surface area contributed by atoms with E-state index in [4.69, 9.17) is 15.2 Å². The fourth-order valence-corrected chi connectivity index (χ4v) is 4.43. The number of aliphatic hydroxyl groups excluding tert-OH is 2. The summed E-state index contributed by atoms with van der Waals surface area (Å²) in [4.78, 5) is 24.6. The van der Waals surface area contributed by atoms with Gasteiger partial charge in [0.1, 0.15) is 11.6 Å². The molecule has 7 nitrogen and oxygen atoms in total. The van der Waals surface area contributed by atoms with Gasteiger partial charge < -0.3 is 25.4 Å². The predicted octanol–water partition coefficient (Wildman–Crippen LogP) is 1.84. The topological polar surface area (TPSA) is 119 Å². The molecule has 2 fully saturated rings. The van der Waals surface area contributed by atoms with Crippen molar-refractivity contribution in [2.75, 3.05) is 20.8 Å². The highest BCUT2D eigenvalue weighted by Gasteiger charge is 2.32. The van der Waals surface area contributed by atoms with Gasteiger partial charge in [-0.25, -0.2) is 0 Å². The lowest BCUT2D eigenvalue weighted by Gasteiger charge is -2.34. The Morgan fingerprint density at radius 1 is 1.03 bits per heavy atom. The van der Waals surface area contributed by atoms with Crippen molar-refractivity contribution in [2.24, 2.45) is 11.7 Å². The molecule has 0 aliphatic heterocycles. The summed E-state index contributed by atoms with van der Waals surface area (Å²) in [5, 5.41) is 20.0. The van der Waals surface area contributed by atoms with Crippen LogP contribution in [-0.4, -0.2) is 67.0 Å². The minimum absolute atomic E-state index is 0.0816. The van der Waals surface area contributed by atoms with Crippen LogP contribution in [0.4, 0.5) is 0 Å². The zero-order chi connectivity index (χ0) is 22.1. The first-order valence-corrected chi connectivity index (χ1v) is 10.9. The number of ether oxygens (including phenoxy) is 2. The second kappa shape index (κ2) is 12.5. The number of hydrogen-bond acceptors (Lipinski definition) is 7. The molecule has 4 N–H and O–H groups in total. The molecule has 5 atom stereocenters. The zero-order valence-corrected chi connectivity index (χ0v) is 18.2. The molecule has 0 aromatic rings. The highest BCUT2D eigenvalue weighted by atomic mass is 16.5. The number of rotatable bonds is 10. The van der Waals surface area contributed by atoms with Gasteiger partial charge in [0, 0.05) is 27.1 Å². The van der Waals surface area contributed by atoms with Gasteiger partial charge in [0.15, 0.2) is 0 Å². The van der Waals surface area contributed by atoms with Gasteiger partial charge in [-0.1, -0.05) is 23.3 Å². The second-order valence-electron chi connectivity index (χ2n) is 8.44. The maximum atomic E-state index is 12.3. The van der Waals surface area contributed by atoms with E-state index in [0.29, 0.717) is 32.2 Å². The number of hydrogen-bond donors (Lipinski definition) is 3. The molecule has 7 heteroatoms. The van der Waals surface area contributed by atoms with E-state index in [2.05, 4.69) is 0 Å². The molecule has 170 valence electrons. The summed E-state index contributed by atoms with van der Waals surface area (Å²) >= 11 is 0.